The van der Waals surface area contributed by atoms with Gasteiger partial charge in [0.15, 0.2) is 0 Å². The second-order valence-corrected chi connectivity index (χ2v) is 5.52. The first kappa shape index (κ1) is 13.6. The van der Waals surface area contributed by atoms with Gasteiger partial charge in [0.25, 0.3) is 0 Å². The highest BCUT2D eigenvalue weighted by Crippen LogP contribution is 2.23. The maximum atomic E-state index is 11.7. The molecule has 0 atom stereocenters. The summed E-state index contributed by atoms with van der Waals surface area (Å²) in [4.78, 5) is 11.7. The summed E-state index contributed by atoms with van der Waals surface area (Å²) in [6.45, 7) is 4.11. The molecule has 1 saturated carbocycles. The van der Waals surface area contributed by atoms with Crippen molar-refractivity contribution in [2.24, 2.45) is 0 Å². The molecule has 2 rings (SSSR count). The predicted molar refractivity (Wildman–Crippen MR) is 74.7 cm³/mol. The number of amides is 1. The third-order valence-corrected chi connectivity index (χ3v) is 3.30. The highest BCUT2D eigenvalue weighted by molar-refractivity contribution is 5.92. The fourth-order valence-electron chi connectivity index (χ4n) is 1.76. The van der Waals surface area contributed by atoms with Crippen molar-refractivity contribution in [3.63, 3.8) is 0 Å². The van der Waals surface area contributed by atoms with E-state index in [2.05, 4.69) is 16.7 Å². The third kappa shape index (κ3) is 3.80. The average Bonchev–Trinajstić information content (AvgIpc) is 3.21. The third-order valence-electron chi connectivity index (χ3n) is 3.30. The average molecular weight is 257 g/mol. The number of carbonyl (C=O) groups excluding carboxylic acids is 1. The first-order valence-electron chi connectivity index (χ1n) is 6.56. The molecule has 1 aliphatic carbocycles. The van der Waals surface area contributed by atoms with Crippen molar-refractivity contribution in [3.8, 4) is 6.07 Å². The fraction of sp³-hybridized carbons (Fsp3) is 0.467. The molecule has 0 heterocycles. The largest absolute Gasteiger partial charge is 0.325 e. The van der Waals surface area contributed by atoms with Gasteiger partial charge in [0.05, 0.1) is 18.0 Å². The Balaban J connectivity index is 1.91. The van der Waals surface area contributed by atoms with Gasteiger partial charge < -0.3 is 10.6 Å². The fourth-order valence-corrected chi connectivity index (χ4v) is 1.76. The molecular formula is C15H19N3O. The number of nitrogens with zero attached hydrogens (tertiary/aromatic N) is 1. The van der Waals surface area contributed by atoms with Gasteiger partial charge in [-0.1, -0.05) is 12.1 Å². The first-order valence-corrected chi connectivity index (χ1v) is 6.56. The van der Waals surface area contributed by atoms with Crippen LogP contribution in [0, 0.1) is 11.3 Å². The van der Waals surface area contributed by atoms with Crippen LogP contribution in [0.25, 0.3) is 0 Å². The van der Waals surface area contributed by atoms with Gasteiger partial charge >= 0.3 is 0 Å². The summed E-state index contributed by atoms with van der Waals surface area (Å²) in [5, 5.41) is 15.1. The van der Waals surface area contributed by atoms with Gasteiger partial charge in [-0.2, -0.15) is 5.26 Å². The topological polar surface area (TPSA) is 64.9 Å². The number of anilines is 1. The van der Waals surface area contributed by atoms with E-state index >= 15 is 0 Å². The van der Waals surface area contributed by atoms with Crippen molar-refractivity contribution in [2.45, 2.75) is 38.1 Å². The molecule has 4 nitrogen and oxygen atoms in total. The zero-order valence-electron chi connectivity index (χ0n) is 11.4. The van der Waals surface area contributed by atoms with Gasteiger partial charge in [-0.25, -0.2) is 0 Å². The summed E-state index contributed by atoms with van der Waals surface area (Å²) in [6, 6.07) is 10.2. The number of hydrogen-bond acceptors (Lipinski definition) is 3. The van der Waals surface area contributed by atoms with Gasteiger partial charge in [0, 0.05) is 11.7 Å². The Morgan fingerprint density at radius 3 is 2.53 bits per heavy atom. The van der Waals surface area contributed by atoms with E-state index in [1.54, 1.807) is 0 Å². The van der Waals surface area contributed by atoms with E-state index in [1.807, 2.05) is 38.1 Å². The Labute approximate surface area is 113 Å². The van der Waals surface area contributed by atoms with Crippen molar-refractivity contribution < 1.29 is 4.79 Å². The maximum Gasteiger partial charge on any atom is 0.238 e. The lowest BCUT2D eigenvalue weighted by molar-refractivity contribution is -0.115. The van der Waals surface area contributed by atoms with Gasteiger partial charge in [-0.15, -0.1) is 0 Å². The molecule has 1 fully saturated rings. The maximum absolute atomic E-state index is 11.7. The molecule has 1 aromatic carbocycles. The second-order valence-electron chi connectivity index (χ2n) is 5.52. The zero-order chi connectivity index (χ0) is 13.9. The Morgan fingerprint density at radius 1 is 1.37 bits per heavy atom. The van der Waals surface area contributed by atoms with Gasteiger partial charge in [0.2, 0.25) is 5.91 Å². The SMILES string of the molecule is CC(C)(C#N)c1ccc(NC(=O)CNC2CC2)cc1. The van der Waals surface area contributed by atoms with Crippen molar-refractivity contribution in [1.29, 1.82) is 5.26 Å². The number of carbonyl (C=O) groups is 1. The summed E-state index contributed by atoms with van der Waals surface area (Å²) in [5.41, 5.74) is 1.21. The molecule has 19 heavy (non-hydrogen) atoms. The number of nitriles is 1. The summed E-state index contributed by atoms with van der Waals surface area (Å²) in [5.74, 6) is -0.0285. The van der Waals surface area contributed by atoms with Gasteiger partial charge in [0.1, 0.15) is 0 Å². The molecule has 100 valence electrons. The molecule has 1 amide bonds. The predicted octanol–water partition coefficient (Wildman–Crippen LogP) is 2.18. The van der Waals surface area contributed by atoms with E-state index in [-0.39, 0.29) is 5.91 Å². The molecule has 0 aliphatic heterocycles. The first-order chi connectivity index (χ1) is 9.01. The molecule has 0 spiro atoms. The molecule has 0 bridgehead atoms. The molecule has 0 saturated heterocycles. The summed E-state index contributed by atoms with van der Waals surface area (Å²) in [7, 11) is 0. The van der Waals surface area contributed by atoms with E-state index in [0.717, 1.165) is 11.3 Å². The molecule has 1 aliphatic rings. The van der Waals surface area contributed by atoms with Crippen LogP contribution in [0.3, 0.4) is 0 Å². The quantitative estimate of drug-likeness (QED) is 0.849. The zero-order valence-corrected chi connectivity index (χ0v) is 11.4. The standard InChI is InChI=1S/C15H19N3O/c1-15(2,10-16)11-3-5-13(6-4-11)18-14(19)9-17-12-7-8-12/h3-6,12,17H,7-9H2,1-2H3,(H,18,19). The van der Waals surface area contributed by atoms with Crippen molar-refractivity contribution in [3.05, 3.63) is 29.8 Å². The Morgan fingerprint density at radius 2 is 2.00 bits per heavy atom. The molecule has 1 aromatic rings. The van der Waals surface area contributed by atoms with Crippen LogP contribution in [0.5, 0.6) is 0 Å². The van der Waals surface area contributed by atoms with E-state index in [1.165, 1.54) is 12.8 Å². The number of rotatable bonds is 5. The lowest BCUT2D eigenvalue weighted by atomic mass is 9.86. The lowest BCUT2D eigenvalue weighted by Gasteiger charge is -2.16. The van der Waals surface area contributed by atoms with E-state index in [4.69, 9.17) is 5.26 Å². The molecule has 2 N–H and O–H groups in total. The Bertz CT molecular complexity index is 495. The van der Waals surface area contributed by atoms with E-state index < -0.39 is 5.41 Å². The minimum absolute atomic E-state index is 0.0285. The van der Waals surface area contributed by atoms with E-state index in [9.17, 15) is 4.79 Å². The monoisotopic (exact) mass is 257 g/mol. The highest BCUT2D eigenvalue weighted by Gasteiger charge is 2.21. The van der Waals surface area contributed by atoms with E-state index in [0.29, 0.717) is 12.6 Å². The summed E-state index contributed by atoms with van der Waals surface area (Å²) in [6.07, 6.45) is 2.34. The molecule has 4 heteroatoms. The normalized spacial score (nSPS) is 14.8. The molecule has 0 aromatic heterocycles. The van der Waals surface area contributed by atoms with Crippen LogP contribution in [0.4, 0.5) is 5.69 Å². The molecular weight excluding hydrogens is 238 g/mol. The van der Waals surface area contributed by atoms with Gasteiger partial charge in [-0.05, 0) is 44.4 Å². The van der Waals surface area contributed by atoms with Crippen molar-refractivity contribution in [2.75, 3.05) is 11.9 Å². The molecule has 0 radical (unpaired) electrons. The minimum atomic E-state index is -0.504. The number of benzene rings is 1. The molecule has 0 unspecified atom stereocenters. The summed E-state index contributed by atoms with van der Waals surface area (Å²) < 4.78 is 0. The van der Waals surface area contributed by atoms with Crippen molar-refractivity contribution in [1.82, 2.24) is 5.32 Å². The van der Waals surface area contributed by atoms with Crippen LogP contribution in [0.1, 0.15) is 32.3 Å². The smallest absolute Gasteiger partial charge is 0.238 e. The highest BCUT2D eigenvalue weighted by atomic mass is 16.1. The van der Waals surface area contributed by atoms with Crippen LogP contribution in [0.2, 0.25) is 0 Å². The number of hydrogen-bond donors (Lipinski definition) is 2. The van der Waals surface area contributed by atoms with Crippen LogP contribution in [0.15, 0.2) is 24.3 Å². The van der Waals surface area contributed by atoms with Crippen LogP contribution >= 0.6 is 0 Å². The van der Waals surface area contributed by atoms with Crippen LogP contribution < -0.4 is 10.6 Å². The summed E-state index contributed by atoms with van der Waals surface area (Å²) >= 11 is 0. The minimum Gasteiger partial charge on any atom is -0.325 e. The number of nitrogens with one attached hydrogen (secondary N) is 2. The Hall–Kier alpha value is -1.86. The second kappa shape index (κ2) is 5.41. The van der Waals surface area contributed by atoms with Crippen molar-refractivity contribution >= 4 is 11.6 Å². The van der Waals surface area contributed by atoms with Gasteiger partial charge in [-0.3, -0.25) is 4.79 Å². The van der Waals surface area contributed by atoms with Crippen LogP contribution in [-0.4, -0.2) is 18.5 Å². The van der Waals surface area contributed by atoms with Crippen LogP contribution in [-0.2, 0) is 10.2 Å². The Kier molecular flexibility index (Phi) is 3.87. The lowest BCUT2D eigenvalue weighted by Crippen LogP contribution is -2.29.